The van der Waals surface area contributed by atoms with E-state index in [4.69, 9.17) is 4.98 Å². The van der Waals surface area contributed by atoms with Crippen LogP contribution in [0, 0.1) is 0 Å². The Morgan fingerprint density at radius 3 is 1.90 bits per heavy atom. The normalized spacial score (nSPS) is 12.7. The van der Waals surface area contributed by atoms with E-state index in [1.807, 2.05) is 0 Å². The van der Waals surface area contributed by atoms with Crippen molar-refractivity contribution >= 4 is 120 Å². The Morgan fingerprint density at radius 1 is 0.339 bits per heavy atom. The molecule has 0 unspecified atom stereocenters. The van der Waals surface area contributed by atoms with Gasteiger partial charge in [0.1, 0.15) is 5.65 Å². The van der Waals surface area contributed by atoms with Gasteiger partial charge in [-0.3, -0.25) is 4.40 Å². The number of nitrogens with zero attached hydrogens (tertiary/aromatic N) is 4. The lowest BCUT2D eigenvalue weighted by Crippen LogP contribution is -1.93. The van der Waals surface area contributed by atoms with E-state index in [1.54, 1.807) is 0 Å². The molecule has 0 atom stereocenters. The molecule has 0 aliphatic heterocycles. The first-order chi connectivity index (χ1) is 29.3. The van der Waals surface area contributed by atoms with Gasteiger partial charge in [-0.05, 0) is 75.6 Å². The number of fused-ring (bicyclic) bond motifs is 19. The highest BCUT2D eigenvalue weighted by Gasteiger charge is 2.26. The van der Waals surface area contributed by atoms with Gasteiger partial charge in [-0.25, -0.2) is 4.98 Å². The lowest BCUT2D eigenvalue weighted by molar-refractivity contribution is 1.18. The predicted octanol–water partition coefficient (Wildman–Crippen LogP) is 14.5. The van der Waals surface area contributed by atoms with Crippen LogP contribution in [0.25, 0.3) is 137 Å². The molecular weight excluding hydrogens is 717 g/mol. The minimum Gasteiger partial charge on any atom is -0.309 e. The van der Waals surface area contributed by atoms with Gasteiger partial charge in [0.05, 0.1) is 44.1 Å². The van der Waals surface area contributed by atoms with Crippen molar-refractivity contribution in [2.75, 3.05) is 0 Å². The monoisotopic (exact) mass is 746 g/mol. The van der Waals surface area contributed by atoms with Gasteiger partial charge in [0.25, 0.3) is 0 Å². The van der Waals surface area contributed by atoms with Crippen LogP contribution in [0.2, 0.25) is 0 Å². The number of para-hydroxylation sites is 4. The molecule has 0 amide bonds. The van der Waals surface area contributed by atoms with Crippen LogP contribution in [0.1, 0.15) is 0 Å². The van der Waals surface area contributed by atoms with Gasteiger partial charge in [-0.1, -0.05) is 133 Å². The molecule has 9 aromatic carbocycles. The van der Waals surface area contributed by atoms with E-state index in [9.17, 15) is 0 Å². The lowest BCUT2D eigenvalue weighted by atomic mass is 9.97. The van der Waals surface area contributed by atoms with E-state index in [-0.39, 0.29) is 0 Å². The minimum atomic E-state index is 1.01. The zero-order valence-corrected chi connectivity index (χ0v) is 31.6. The molecule has 0 bridgehead atoms. The Kier molecular flexibility index (Phi) is 5.38. The summed E-state index contributed by atoms with van der Waals surface area (Å²) in [5, 5.41) is 16.3. The van der Waals surface area contributed by atoms with Crippen molar-refractivity contribution in [2.24, 2.45) is 0 Å². The second-order valence-corrected chi connectivity index (χ2v) is 16.3. The molecule has 270 valence electrons. The Balaban J connectivity index is 1.10. The Bertz CT molecular complexity index is 4300. The van der Waals surface area contributed by atoms with E-state index in [0.717, 1.165) is 16.7 Å². The smallest absolute Gasteiger partial charge is 0.146 e. The van der Waals surface area contributed by atoms with Gasteiger partial charge in [-0.15, -0.1) is 0 Å². The Labute approximate surface area is 335 Å². The number of hydrogen-bond acceptors (Lipinski definition) is 1. The van der Waals surface area contributed by atoms with Crippen molar-refractivity contribution in [3.05, 3.63) is 182 Å². The maximum atomic E-state index is 5.75. The highest BCUT2D eigenvalue weighted by atomic mass is 15.0. The van der Waals surface area contributed by atoms with Crippen molar-refractivity contribution in [1.82, 2.24) is 18.4 Å². The lowest BCUT2D eigenvalue weighted by Gasteiger charge is -2.09. The fraction of sp³-hybridized carbons (Fsp3) is 0. The molecule has 59 heavy (non-hydrogen) atoms. The summed E-state index contributed by atoms with van der Waals surface area (Å²) in [6.45, 7) is 0. The van der Waals surface area contributed by atoms with Crippen molar-refractivity contribution in [3.63, 3.8) is 0 Å². The van der Waals surface area contributed by atoms with Gasteiger partial charge >= 0.3 is 0 Å². The molecule has 15 rings (SSSR count). The molecule has 15 aromatic rings. The minimum absolute atomic E-state index is 1.01. The van der Waals surface area contributed by atoms with Crippen LogP contribution < -0.4 is 0 Å². The van der Waals surface area contributed by atoms with Crippen LogP contribution in [-0.2, 0) is 0 Å². The molecule has 4 nitrogen and oxygen atoms in total. The molecule has 6 heterocycles. The van der Waals surface area contributed by atoms with Gasteiger partial charge in [0, 0.05) is 59.7 Å². The summed E-state index contributed by atoms with van der Waals surface area (Å²) in [5.74, 6) is 0. The summed E-state index contributed by atoms with van der Waals surface area (Å²) < 4.78 is 7.36. The van der Waals surface area contributed by atoms with Crippen molar-refractivity contribution < 1.29 is 0 Å². The van der Waals surface area contributed by atoms with E-state index in [0.29, 0.717) is 0 Å². The molecular formula is C55H30N4. The standard InChI is InChI=1S/C55H30N4/c1-2-14-34(15-3-1)57-45-23-9-8-18-38(45)42-28-33(25-26-46(42)57)37-19-10-22-41-50-36-17-7-5-13-32(36)29-44-51-48(58(52(37)41)54(44)50)30-43-39-20-11-21-40-49-35-16-6-4-12-31(35)24-27-47(49)59(53(39)40)55(43)56-51/h1-30H. The molecule has 0 spiro atoms. The first-order valence-corrected chi connectivity index (χ1v) is 20.4. The van der Waals surface area contributed by atoms with Crippen molar-refractivity contribution in [2.45, 2.75) is 0 Å². The maximum Gasteiger partial charge on any atom is 0.146 e. The topological polar surface area (TPSA) is 26.6 Å². The average molecular weight is 747 g/mol. The molecule has 0 saturated carbocycles. The number of hydrogen-bond donors (Lipinski definition) is 0. The second kappa shape index (κ2) is 10.5. The van der Waals surface area contributed by atoms with Crippen LogP contribution in [0.15, 0.2) is 182 Å². The molecule has 0 aliphatic rings. The average Bonchev–Trinajstić information content (AvgIpc) is 4.08. The first kappa shape index (κ1) is 30.2. The zero-order chi connectivity index (χ0) is 38.1. The summed E-state index contributed by atoms with van der Waals surface area (Å²) in [7, 11) is 0. The van der Waals surface area contributed by atoms with Gasteiger partial charge < -0.3 is 8.97 Å². The number of rotatable bonds is 2. The SMILES string of the molecule is c1ccc(-n2c3ccccc3c3cc(-c4cccc5c6c7ccccc7cc7c8nc9c(cc8n(c45)c76)c4cccc5c6c7ccccc7ccc6n9c45)ccc32)cc1. The van der Waals surface area contributed by atoms with Crippen LogP contribution in [0.4, 0.5) is 0 Å². The van der Waals surface area contributed by atoms with Crippen LogP contribution in [-0.4, -0.2) is 18.4 Å². The van der Waals surface area contributed by atoms with Gasteiger partial charge in [-0.2, -0.15) is 0 Å². The van der Waals surface area contributed by atoms with Crippen LogP contribution in [0.5, 0.6) is 0 Å². The highest BCUT2D eigenvalue weighted by molar-refractivity contribution is 6.34. The molecule has 6 aromatic heterocycles. The van der Waals surface area contributed by atoms with Gasteiger partial charge in [0.2, 0.25) is 0 Å². The van der Waals surface area contributed by atoms with E-state index < -0.39 is 0 Å². The molecule has 0 saturated heterocycles. The first-order valence-electron chi connectivity index (χ1n) is 20.4. The molecule has 0 N–H and O–H groups in total. The third-order valence-corrected chi connectivity index (χ3v) is 13.4. The van der Waals surface area contributed by atoms with E-state index in [1.165, 1.54) is 120 Å². The number of pyridine rings is 1. The quantitative estimate of drug-likeness (QED) is 0.173. The third kappa shape index (κ3) is 3.60. The second-order valence-electron chi connectivity index (χ2n) is 16.3. The fourth-order valence-electron chi connectivity index (χ4n) is 11.1. The van der Waals surface area contributed by atoms with E-state index in [2.05, 4.69) is 195 Å². The predicted molar refractivity (Wildman–Crippen MR) is 248 cm³/mol. The summed E-state index contributed by atoms with van der Waals surface area (Å²) >= 11 is 0. The molecule has 0 radical (unpaired) electrons. The summed E-state index contributed by atoms with van der Waals surface area (Å²) in [4.78, 5) is 5.75. The highest BCUT2D eigenvalue weighted by Crippen LogP contribution is 2.48. The summed E-state index contributed by atoms with van der Waals surface area (Å²) in [6, 6.07) is 67.2. The van der Waals surface area contributed by atoms with Crippen LogP contribution >= 0.6 is 0 Å². The molecule has 0 fully saturated rings. The maximum absolute atomic E-state index is 5.75. The molecule has 4 heteroatoms. The van der Waals surface area contributed by atoms with Crippen molar-refractivity contribution in [3.8, 4) is 16.8 Å². The fourth-order valence-corrected chi connectivity index (χ4v) is 11.1. The zero-order valence-electron chi connectivity index (χ0n) is 31.6. The third-order valence-electron chi connectivity index (χ3n) is 13.4. The Morgan fingerprint density at radius 2 is 1.02 bits per heavy atom. The molecule has 0 aliphatic carbocycles. The van der Waals surface area contributed by atoms with Gasteiger partial charge in [0.15, 0.2) is 0 Å². The Hall–Kier alpha value is -7.95. The number of aromatic nitrogens is 4. The summed E-state index contributed by atoms with van der Waals surface area (Å²) in [5.41, 5.74) is 14.1. The van der Waals surface area contributed by atoms with Crippen molar-refractivity contribution in [1.29, 1.82) is 0 Å². The summed E-state index contributed by atoms with van der Waals surface area (Å²) in [6.07, 6.45) is 0. The number of benzene rings is 9. The van der Waals surface area contributed by atoms with E-state index >= 15 is 0 Å². The van der Waals surface area contributed by atoms with Crippen LogP contribution in [0.3, 0.4) is 0 Å². The largest absolute Gasteiger partial charge is 0.309 e.